The Bertz CT molecular complexity index is 730. The summed E-state index contributed by atoms with van der Waals surface area (Å²) in [6, 6.07) is 2.77. The van der Waals surface area contributed by atoms with Gasteiger partial charge in [-0.2, -0.15) is 0 Å². The summed E-state index contributed by atoms with van der Waals surface area (Å²) in [4.78, 5) is 11.0. The van der Waals surface area contributed by atoms with Gasteiger partial charge in [-0.05, 0) is 38.2 Å². The third-order valence-electron chi connectivity index (χ3n) is 4.28. The Balaban J connectivity index is 2.38. The molecule has 0 heterocycles. The van der Waals surface area contributed by atoms with Crippen LogP contribution in [0.15, 0.2) is 12.1 Å². The predicted molar refractivity (Wildman–Crippen MR) is 102 cm³/mol. The standard InChI is InChI=1S/C17H27N3O5S/c1-3-4-10-18-14-11-15(19-26(2,23)24)17(12-16(14)20(21)22)25-13-8-6-5-7-9-13/h11-13,18-19H,3-10H2,1-2H3. The molecule has 2 N–H and O–H groups in total. The molecule has 26 heavy (non-hydrogen) atoms. The van der Waals surface area contributed by atoms with E-state index in [0.717, 1.165) is 51.2 Å². The first-order valence-corrected chi connectivity index (χ1v) is 10.9. The summed E-state index contributed by atoms with van der Waals surface area (Å²) in [5.41, 5.74) is 0.388. The SMILES string of the molecule is CCCCNc1cc(NS(C)(=O)=O)c(OC2CCCCC2)cc1[N+](=O)[O-]. The second-order valence-corrected chi connectivity index (χ2v) is 8.40. The molecule has 1 aliphatic carbocycles. The summed E-state index contributed by atoms with van der Waals surface area (Å²) in [6.45, 7) is 2.59. The maximum absolute atomic E-state index is 11.7. The zero-order valence-electron chi connectivity index (χ0n) is 15.3. The van der Waals surface area contributed by atoms with E-state index < -0.39 is 14.9 Å². The quantitative estimate of drug-likeness (QED) is 0.379. The number of nitrogens with zero attached hydrogens (tertiary/aromatic N) is 1. The summed E-state index contributed by atoms with van der Waals surface area (Å²) < 4.78 is 31.8. The third kappa shape index (κ3) is 6.05. The van der Waals surface area contributed by atoms with Crippen LogP contribution in [0.5, 0.6) is 5.75 Å². The topological polar surface area (TPSA) is 111 Å². The zero-order valence-corrected chi connectivity index (χ0v) is 16.1. The van der Waals surface area contributed by atoms with E-state index in [1.165, 1.54) is 12.1 Å². The molecule has 0 unspecified atom stereocenters. The van der Waals surface area contributed by atoms with Crippen LogP contribution in [0.1, 0.15) is 51.9 Å². The van der Waals surface area contributed by atoms with E-state index in [1.54, 1.807) is 0 Å². The highest BCUT2D eigenvalue weighted by molar-refractivity contribution is 7.92. The van der Waals surface area contributed by atoms with Crippen LogP contribution in [0.2, 0.25) is 0 Å². The smallest absolute Gasteiger partial charge is 0.296 e. The fourth-order valence-electron chi connectivity index (χ4n) is 3.00. The largest absolute Gasteiger partial charge is 0.488 e. The van der Waals surface area contributed by atoms with Gasteiger partial charge in [0.2, 0.25) is 10.0 Å². The second-order valence-electron chi connectivity index (χ2n) is 6.66. The third-order valence-corrected chi connectivity index (χ3v) is 4.87. The zero-order chi connectivity index (χ0) is 19.2. The minimum atomic E-state index is -3.54. The lowest BCUT2D eigenvalue weighted by atomic mass is 9.98. The van der Waals surface area contributed by atoms with Gasteiger partial charge in [0.25, 0.3) is 5.69 Å². The van der Waals surface area contributed by atoms with Gasteiger partial charge in [-0.25, -0.2) is 8.42 Å². The Morgan fingerprint density at radius 2 is 1.92 bits per heavy atom. The average Bonchev–Trinajstić information content (AvgIpc) is 2.56. The lowest BCUT2D eigenvalue weighted by Crippen LogP contribution is -2.21. The Morgan fingerprint density at radius 1 is 1.23 bits per heavy atom. The van der Waals surface area contributed by atoms with E-state index in [9.17, 15) is 18.5 Å². The molecular formula is C17H27N3O5S. The summed E-state index contributed by atoms with van der Waals surface area (Å²) in [5, 5.41) is 14.5. The number of anilines is 2. The fraction of sp³-hybridized carbons (Fsp3) is 0.647. The van der Waals surface area contributed by atoms with Crippen molar-refractivity contribution in [3.8, 4) is 5.75 Å². The number of hydrogen-bond donors (Lipinski definition) is 2. The molecule has 0 saturated heterocycles. The molecule has 1 saturated carbocycles. The number of ether oxygens (including phenoxy) is 1. The lowest BCUT2D eigenvalue weighted by molar-refractivity contribution is -0.384. The van der Waals surface area contributed by atoms with Crippen molar-refractivity contribution in [1.82, 2.24) is 0 Å². The Labute approximate surface area is 154 Å². The Hall–Kier alpha value is -2.03. The van der Waals surface area contributed by atoms with Gasteiger partial charge in [-0.1, -0.05) is 19.8 Å². The van der Waals surface area contributed by atoms with Gasteiger partial charge < -0.3 is 10.1 Å². The molecule has 0 bridgehead atoms. The molecule has 146 valence electrons. The summed E-state index contributed by atoms with van der Waals surface area (Å²) in [5.74, 6) is 0.204. The van der Waals surface area contributed by atoms with Crippen LogP contribution in [0.25, 0.3) is 0 Å². The average molecular weight is 385 g/mol. The van der Waals surface area contributed by atoms with Crippen molar-refractivity contribution < 1.29 is 18.1 Å². The van der Waals surface area contributed by atoms with E-state index in [2.05, 4.69) is 10.0 Å². The Kier molecular flexibility index (Phi) is 7.07. The first kappa shape index (κ1) is 20.3. The number of rotatable bonds is 9. The number of nitro groups is 1. The van der Waals surface area contributed by atoms with Gasteiger partial charge in [-0.15, -0.1) is 0 Å². The van der Waals surface area contributed by atoms with Crippen molar-refractivity contribution in [3.05, 3.63) is 22.2 Å². The van der Waals surface area contributed by atoms with E-state index in [0.29, 0.717) is 6.54 Å². The van der Waals surface area contributed by atoms with Gasteiger partial charge in [0.15, 0.2) is 5.75 Å². The number of hydrogen-bond acceptors (Lipinski definition) is 6. The van der Waals surface area contributed by atoms with E-state index >= 15 is 0 Å². The molecular weight excluding hydrogens is 358 g/mol. The van der Waals surface area contributed by atoms with E-state index in [1.807, 2.05) is 6.92 Å². The second kappa shape index (κ2) is 9.07. The highest BCUT2D eigenvalue weighted by atomic mass is 32.2. The molecule has 9 heteroatoms. The van der Waals surface area contributed by atoms with Crippen LogP contribution in [-0.2, 0) is 10.0 Å². The van der Waals surface area contributed by atoms with Crippen LogP contribution in [0.4, 0.5) is 17.1 Å². The van der Waals surface area contributed by atoms with Gasteiger partial charge >= 0.3 is 0 Å². The van der Waals surface area contributed by atoms with Gasteiger partial charge in [0.05, 0.1) is 29.0 Å². The van der Waals surface area contributed by atoms with Gasteiger partial charge in [0, 0.05) is 6.54 Å². The number of benzene rings is 1. The number of unbranched alkanes of at least 4 members (excludes halogenated alkanes) is 1. The van der Waals surface area contributed by atoms with E-state index in [4.69, 9.17) is 4.74 Å². The van der Waals surface area contributed by atoms with Crippen LogP contribution in [0.3, 0.4) is 0 Å². The van der Waals surface area contributed by atoms with Crippen molar-refractivity contribution >= 4 is 27.1 Å². The van der Waals surface area contributed by atoms with Crippen molar-refractivity contribution in [1.29, 1.82) is 0 Å². The highest BCUT2D eigenvalue weighted by Gasteiger charge is 2.23. The normalized spacial score (nSPS) is 15.5. The molecule has 0 aromatic heterocycles. The van der Waals surface area contributed by atoms with Crippen LogP contribution < -0.4 is 14.8 Å². The molecule has 0 atom stereocenters. The summed E-state index contributed by atoms with van der Waals surface area (Å²) in [6.07, 6.45) is 7.74. The maximum atomic E-state index is 11.7. The van der Waals surface area contributed by atoms with Crippen molar-refractivity contribution in [2.75, 3.05) is 22.8 Å². The predicted octanol–water partition coefficient (Wildman–Crippen LogP) is 3.89. The number of nitro benzene ring substituents is 1. The molecule has 1 aliphatic rings. The molecule has 8 nitrogen and oxygen atoms in total. The summed E-state index contributed by atoms with van der Waals surface area (Å²) >= 11 is 0. The molecule has 0 amide bonds. The first-order chi connectivity index (χ1) is 12.3. The van der Waals surface area contributed by atoms with Gasteiger partial charge in [0.1, 0.15) is 5.69 Å². The van der Waals surface area contributed by atoms with Crippen molar-refractivity contribution in [2.24, 2.45) is 0 Å². The minimum Gasteiger partial charge on any atom is -0.488 e. The molecule has 1 fully saturated rings. The lowest BCUT2D eigenvalue weighted by Gasteiger charge is -2.24. The maximum Gasteiger partial charge on any atom is 0.296 e. The molecule has 0 aliphatic heterocycles. The molecule has 1 aromatic rings. The fourth-order valence-corrected chi connectivity index (χ4v) is 3.56. The Morgan fingerprint density at radius 3 is 2.50 bits per heavy atom. The van der Waals surface area contributed by atoms with Crippen molar-refractivity contribution in [2.45, 2.75) is 58.0 Å². The minimum absolute atomic E-state index is 0.0534. The first-order valence-electron chi connectivity index (χ1n) is 9.01. The summed E-state index contributed by atoms with van der Waals surface area (Å²) in [7, 11) is -3.54. The van der Waals surface area contributed by atoms with E-state index in [-0.39, 0.29) is 28.9 Å². The van der Waals surface area contributed by atoms with Crippen molar-refractivity contribution in [3.63, 3.8) is 0 Å². The molecule has 2 rings (SSSR count). The van der Waals surface area contributed by atoms with Crippen LogP contribution in [-0.4, -0.2) is 32.2 Å². The van der Waals surface area contributed by atoms with Crippen LogP contribution >= 0.6 is 0 Å². The molecule has 0 spiro atoms. The number of nitrogens with one attached hydrogen (secondary N) is 2. The molecule has 0 radical (unpaired) electrons. The highest BCUT2D eigenvalue weighted by Crippen LogP contribution is 2.38. The van der Waals surface area contributed by atoms with Crippen LogP contribution in [0, 0.1) is 10.1 Å². The monoisotopic (exact) mass is 385 g/mol. The molecule has 1 aromatic carbocycles. The van der Waals surface area contributed by atoms with Gasteiger partial charge in [-0.3, -0.25) is 14.8 Å². The number of sulfonamides is 1.